The Kier molecular flexibility index (Phi) is 8.39. The number of aliphatic hydroxyl groups is 1. The molecule has 2 amide bonds. The van der Waals surface area contributed by atoms with Gasteiger partial charge in [0.2, 0.25) is 11.8 Å². The number of nitrogens with two attached hydrogens (primary N) is 1. The second-order valence-corrected chi connectivity index (χ2v) is 6.78. The number of phenols is 1. The van der Waals surface area contributed by atoms with E-state index in [4.69, 9.17) is 5.73 Å². The first-order valence-corrected chi connectivity index (χ1v) is 8.71. The van der Waals surface area contributed by atoms with Gasteiger partial charge < -0.3 is 31.4 Å². The zero-order valence-electron chi connectivity index (χ0n) is 15.8. The second-order valence-electron chi connectivity index (χ2n) is 6.78. The number of aldehydes is 1. The van der Waals surface area contributed by atoms with Crippen LogP contribution in [0, 0.1) is 6.42 Å². The molecule has 1 aromatic carbocycles. The number of phenolic OH excluding ortho intramolecular Hbond substituents is 1. The molecule has 0 aliphatic carbocycles. The van der Waals surface area contributed by atoms with Crippen molar-refractivity contribution in [3.8, 4) is 5.75 Å². The van der Waals surface area contributed by atoms with E-state index in [1.165, 1.54) is 39.3 Å². The van der Waals surface area contributed by atoms with Gasteiger partial charge >= 0.3 is 0 Å². The Morgan fingerprint density at radius 3 is 2.30 bits per heavy atom. The van der Waals surface area contributed by atoms with Gasteiger partial charge in [0.15, 0.2) is 0 Å². The monoisotopic (exact) mass is 378 g/mol. The fourth-order valence-corrected chi connectivity index (χ4v) is 2.41. The topological polar surface area (TPSA) is 142 Å². The Labute approximate surface area is 159 Å². The van der Waals surface area contributed by atoms with Gasteiger partial charge in [0.05, 0.1) is 17.7 Å². The highest BCUT2D eigenvalue weighted by atomic mass is 16.3. The molecule has 0 saturated heterocycles. The maximum Gasteiger partial charge on any atom is 0.242 e. The largest absolute Gasteiger partial charge is 0.508 e. The van der Waals surface area contributed by atoms with Crippen LogP contribution in [0.3, 0.4) is 0 Å². The average molecular weight is 378 g/mol. The van der Waals surface area contributed by atoms with Crippen molar-refractivity contribution < 1.29 is 24.6 Å². The molecule has 0 bridgehead atoms. The molecule has 1 radical (unpaired) electrons. The van der Waals surface area contributed by atoms with E-state index >= 15 is 0 Å². The van der Waals surface area contributed by atoms with E-state index in [1.807, 2.05) is 0 Å². The highest BCUT2D eigenvalue weighted by molar-refractivity contribution is 5.89. The summed E-state index contributed by atoms with van der Waals surface area (Å²) in [6, 6.07) is 3.98. The molecule has 0 aromatic heterocycles. The summed E-state index contributed by atoms with van der Waals surface area (Å²) in [6.07, 6.45) is 2.34. The third-order valence-corrected chi connectivity index (χ3v) is 4.19. The van der Waals surface area contributed by atoms with Crippen molar-refractivity contribution in [2.75, 3.05) is 0 Å². The van der Waals surface area contributed by atoms with Crippen molar-refractivity contribution in [2.45, 2.75) is 57.3 Å². The molecule has 8 heteroatoms. The first-order chi connectivity index (χ1) is 12.6. The van der Waals surface area contributed by atoms with Crippen LogP contribution >= 0.6 is 0 Å². The van der Waals surface area contributed by atoms with Crippen molar-refractivity contribution in [3.05, 3.63) is 36.2 Å². The predicted molar refractivity (Wildman–Crippen MR) is 101 cm³/mol. The molecule has 6 N–H and O–H groups in total. The lowest BCUT2D eigenvalue weighted by Gasteiger charge is -2.34. The summed E-state index contributed by atoms with van der Waals surface area (Å²) < 4.78 is 0. The first kappa shape index (κ1) is 22.6. The fraction of sp³-hybridized carbons (Fsp3) is 0.474. The Hall–Kier alpha value is -2.45. The maximum absolute atomic E-state index is 12.5. The number of hydrogen-bond donors (Lipinski definition) is 5. The number of benzene rings is 1. The number of carbonyl (C=O) groups is 3. The Bertz CT molecular complexity index is 643. The minimum Gasteiger partial charge on any atom is -0.508 e. The number of amides is 2. The summed E-state index contributed by atoms with van der Waals surface area (Å²) in [5.41, 5.74) is 4.78. The van der Waals surface area contributed by atoms with Crippen molar-refractivity contribution in [1.29, 1.82) is 0 Å². The zero-order chi connectivity index (χ0) is 20.6. The SMILES string of the molecule is C[C@H](N)C(=O)N[C@@H](C)C(=O)NC(Cc1ccc(O)cc1)C(C)(O)[CH]CC=O. The van der Waals surface area contributed by atoms with Crippen molar-refractivity contribution >= 4 is 18.1 Å². The van der Waals surface area contributed by atoms with Gasteiger partial charge in [-0.25, -0.2) is 0 Å². The van der Waals surface area contributed by atoms with Crippen LogP contribution in [0.25, 0.3) is 0 Å². The van der Waals surface area contributed by atoms with Crippen LogP contribution in [0.2, 0.25) is 0 Å². The molecule has 8 nitrogen and oxygen atoms in total. The lowest BCUT2D eigenvalue weighted by molar-refractivity contribution is -0.130. The Balaban J connectivity index is 2.92. The van der Waals surface area contributed by atoms with Gasteiger partial charge in [0.1, 0.15) is 18.1 Å². The third kappa shape index (κ3) is 7.36. The molecule has 0 aliphatic rings. The van der Waals surface area contributed by atoms with Gasteiger partial charge in [-0.05, 0) is 44.9 Å². The minimum absolute atomic E-state index is 0.0198. The van der Waals surface area contributed by atoms with E-state index in [0.717, 1.165) is 5.56 Å². The van der Waals surface area contributed by atoms with Crippen LogP contribution in [0.1, 0.15) is 32.8 Å². The molecular weight excluding hydrogens is 350 g/mol. The lowest BCUT2D eigenvalue weighted by atomic mass is 9.86. The normalized spacial score (nSPS) is 16.5. The van der Waals surface area contributed by atoms with E-state index in [9.17, 15) is 24.6 Å². The zero-order valence-corrected chi connectivity index (χ0v) is 15.8. The standard InChI is InChI=1S/C19H28N3O5/c1-12(20)17(25)21-13(2)18(26)22-16(19(3,27)9-4-10-23)11-14-5-7-15(24)8-6-14/h5-10,12-13,16,24,27H,4,11,20H2,1-3H3,(H,21,25)(H,22,26)/t12-,13-,16?,19?/m0/s1. The number of rotatable bonds is 10. The van der Waals surface area contributed by atoms with Gasteiger partial charge in [-0.3, -0.25) is 9.59 Å². The second kappa shape index (κ2) is 10.0. The molecule has 0 heterocycles. The first-order valence-electron chi connectivity index (χ1n) is 8.71. The highest BCUT2D eigenvalue weighted by Gasteiger charge is 2.34. The molecule has 1 aromatic rings. The number of nitrogens with one attached hydrogen (secondary N) is 2. The summed E-state index contributed by atoms with van der Waals surface area (Å²) in [5, 5.41) is 25.3. The van der Waals surface area contributed by atoms with E-state index < -0.39 is 35.5 Å². The molecule has 149 valence electrons. The summed E-state index contributed by atoms with van der Waals surface area (Å²) >= 11 is 0. The molecule has 0 fully saturated rings. The molecule has 2 unspecified atom stereocenters. The summed E-state index contributed by atoms with van der Waals surface area (Å²) in [4.78, 5) is 34.8. The smallest absolute Gasteiger partial charge is 0.242 e. The Morgan fingerprint density at radius 2 is 1.78 bits per heavy atom. The van der Waals surface area contributed by atoms with E-state index in [0.29, 0.717) is 6.29 Å². The van der Waals surface area contributed by atoms with E-state index in [-0.39, 0.29) is 18.6 Å². The van der Waals surface area contributed by atoms with Crippen molar-refractivity contribution in [2.24, 2.45) is 5.73 Å². The Morgan fingerprint density at radius 1 is 1.19 bits per heavy atom. The van der Waals surface area contributed by atoms with E-state index in [1.54, 1.807) is 12.1 Å². The van der Waals surface area contributed by atoms with Gasteiger partial charge in [-0.1, -0.05) is 12.1 Å². The van der Waals surface area contributed by atoms with Gasteiger partial charge in [0.25, 0.3) is 0 Å². The van der Waals surface area contributed by atoms with Crippen molar-refractivity contribution in [1.82, 2.24) is 10.6 Å². The lowest BCUT2D eigenvalue weighted by Crippen LogP contribution is -2.57. The van der Waals surface area contributed by atoms with Crippen molar-refractivity contribution in [3.63, 3.8) is 0 Å². The van der Waals surface area contributed by atoms with Crippen LogP contribution < -0.4 is 16.4 Å². The summed E-state index contributed by atoms with van der Waals surface area (Å²) in [5.74, 6) is -0.856. The number of carbonyl (C=O) groups excluding carboxylic acids is 3. The molecule has 0 aliphatic heterocycles. The van der Waals surface area contributed by atoms with Crippen LogP contribution in [0.15, 0.2) is 24.3 Å². The van der Waals surface area contributed by atoms with Gasteiger partial charge in [-0.15, -0.1) is 0 Å². The maximum atomic E-state index is 12.5. The summed E-state index contributed by atoms with van der Waals surface area (Å²) in [7, 11) is 0. The minimum atomic E-state index is -1.47. The number of aromatic hydroxyl groups is 1. The predicted octanol–water partition coefficient (Wildman–Crippen LogP) is -0.184. The van der Waals surface area contributed by atoms with Gasteiger partial charge in [0, 0.05) is 12.8 Å². The highest BCUT2D eigenvalue weighted by Crippen LogP contribution is 2.21. The molecule has 4 atom stereocenters. The number of hydrogen-bond acceptors (Lipinski definition) is 6. The molecule has 27 heavy (non-hydrogen) atoms. The van der Waals surface area contributed by atoms with Gasteiger partial charge in [-0.2, -0.15) is 0 Å². The molecular formula is C19H28N3O5. The molecule has 1 rings (SSSR count). The van der Waals surface area contributed by atoms with Crippen LogP contribution in [0.4, 0.5) is 0 Å². The quantitative estimate of drug-likeness (QED) is 0.358. The summed E-state index contributed by atoms with van der Waals surface area (Å²) in [6.45, 7) is 4.51. The van der Waals surface area contributed by atoms with Crippen LogP contribution in [0.5, 0.6) is 5.75 Å². The third-order valence-electron chi connectivity index (χ3n) is 4.19. The average Bonchev–Trinajstić information content (AvgIpc) is 2.60. The van der Waals surface area contributed by atoms with E-state index in [2.05, 4.69) is 10.6 Å². The molecule has 0 spiro atoms. The molecule has 0 saturated carbocycles. The van der Waals surface area contributed by atoms with Crippen LogP contribution in [-0.2, 0) is 20.8 Å². The van der Waals surface area contributed by atoms with Crippen LogP contribution in [-0.4, -0.2) is 52.0 Å². The fourth-order valence-electron chi connectivity index (χ4n) is 2.41.